The summed E-state index contributed by atoms with van der Waals surface area (Å²) in [5, 5.41) is 3.15. The van der Waals surface area contributed by atoms with Crippen molar-refractivity contribution in [3.63, 3.8) is 0 Å². The number of anilines is 1. The maximum atomic E-state index is 12.3. The molecule has 0 saturated carbocycles. The summed E-state index contributed by atoms with van der Waals surface area (Å²) in [7, 11) is 3.29. The third-order valence-electron chi connectivity index (χ3n) is 3.64. The molecule has 1 atom stereocenters. The van der Waals surface area contributed by atoms with Gasteiger partial charge in [-0.05, 0) is 31.5 Å². The smallest absolute Gasteiger partial charge is 0.254 e. The molecule has 1 unspecified atom stereocenters. The van der Waals surface area contributed by atoms with Crippen LogP contribution in [-0.2, 0) is 4.79 Å². The van der Waals surface area contributed by atoms with Gasteiger partial charge in [-0.25, -0.2) is 0 Å². The average Bonchev–Trinajstić information content (AvgIpc) is 2.47. The number of nitrogens with zero attached hydrogens (tertiary/aromatic N) is 1. The number of carbonyl (C=O) groups excluding carboxylic acids is 2. The van der Waals surface area contributed by atoms with Gasteiger partial charge in [0.05, 0.1) is 16.0 Å². The quantitative estimate of drug-likeness (QED) is 0.876. The number of benzene rings is 1. The van der Waals surface area contributed by atoms with Crippen LogP contribution < -0.4 is 11.1 Å². The fourth-order valence-corrected chi connectivity index (χ4v) is 1.89. The molecule has 0 saturated heterocycles. The highest BCUT2D eigenvalue weighted by molar-refractivity contribution is 6.34. The lowest BCUT2D eigenvalue weighted by Gasteiger charge is -2.25. The highest BCUT2D eigenvalue weighted by Crippen LogP contribution is 2.25. The zero-order valence-corrected chi connectivity index (χ0v) is 13.6. The van der Waals surface area contributed by atoms with Crippen molar-refractivity contribution in [3.8, 4) is 0 Å². The van der Waals surface area contributed by atoms with Crippen LogP contribution in [0.4, 0.5) is 5.69 Å². The second-order valence-electron chi connectivity index (χ2n) is 5.47. The van der Waals surface area contributed by atoms with Crippen molar-refractivity contribution in [2.45, 2.75) is 20.3 Å². The van der Waals surface area contributed by atoms with E-state index >= 15 is 0 Å². The Morgan fingerprint density at radius 1 is 1.38 bits per heavy atom. The molecular weight excluding hydrogens is 290 g/mol. The zero-order chi connectivity index (χ0) is 16.2. The van der Waals surface area contributed by atoms with Crippen LogP contribution in [0, 0.1) is 5.41 Å². The van der Waals surface area contributed by atoms with Crippen LogP contribution in [0.1, 0.15) is 30.6 Å². The zero-order valence-electron chi connectivity index (χ0n) is 12.9. The van der Waals surface area contributed by atoms with Crippen molar-refractivity contribution in [2.75, 3.05) is 26.0 Å². The number of nitrogens with two attached hydrogens (primary N) is 1. The molecule has 1 aromatic carbocycles. The highest BCUT2D eigenvalue weighted by atomic mass is 35.5. The van der Waals surface area contributed by atoms with Crippen molar-refractivity contribution in [2.24, 2.45) is 11.1 Å². The molecule has 0 aliphatic carbocycles. The molecule has 3 N–H and O–H groups in total. The third-order valence-corrected chi connectivity index (χ3v) is 3.97. The van der Waals surface area contributed by atoms with Crippen LogP contribution in [0.2, 0.25) is 5.02 Å². The molecule has 0 radical (unpaired) electrons. The Kier molecular flexibility index (Phi) is 5.75. The molecule has 116 valence electrons. The van der Waals surface area contributed by atoms with Gasteiger partial charge in [0.2, 0.25) is 5.91 Å². The van der Waals surface area contributed by atoms with Gasteiger partial charge < -0.3 is 16.0 Å². The van der Waals surface area contributed by atoms with Gasteiger partial charge in [-0.15, -0.1) is 0 Å². The van der Waals surface area contributed by atoms with Crippen LogP contribution in [-0.4, -0.2) is 37.4 Å². The lowest BCUT2D eigenvalue weighted by molar-refractivity contribution is -0.124. The van der Waals surface area contributed by atoms with Gasteiger partial charge in [-0.3, -0.25) is 9.59 Å². The lowest BCUT2D eigenvalue weighted by Crippen LogP contribution is -2.39. The first-order chi connectivity index (χ1) is 9.75. The summed E-state index contributed by atoms with van der Waals surface area (Å²) >= 11 is 6.04. The maximum absolute atomic E-state index is 12.3. The van der Waals surface area contributed by atoms with E-state index < -0.39 is 5.41 Å². The fourth-order valence-electron chi connectivity index (χ4n) is 1.69. The minimum atomic E-state index is -0.634. The molecule has 0 aromatic heterocycles. The predicted molar refractivity (Wildman–Crippen MR) is 85.6 cm³/mol. The van der Waals surface area contributed by atoms with Gasteiger partial charge in [0, 0.05) is 26.3 Å². The molecule has 0 aliphatic rings. The number of hydrogen-bond donors (Lipinski definition) is 2. The number of hydrogen-bond acceptors (Lipinski definition) is 3. The molecule has 1 aromatic rings. The monoisotopic (exact) mass is 311 g/mol. The number of nitrogens with one attached hydrogen (secondary N) is 1. The topological polar surface area (TPSA) is 75.4 Å². The Balaban J connectivity index is 3.04. The summed E-state index contributed by atoms with van der Waals surface area (Å²) in [5.74, 6) is -0.383. The predicted octanol–water partition coefficient (Wildman–Crippen LogP) is 2.36. The second-order valence-corrected chi connectivity index (χ2v) is 5.87. The second kappa shape index (κ2) is 6.91. The lowest BCUT2D eigenvalue weighted by atomic mass is 9.86. The standard InChI is InChI=1S/C15H22ClN3O2/c1-5-15(2,9-17)14(21)18-10-6-7-12(16)11(8-10)13(20)19(3)4/h6-8H,5,9,17H2,1-4H3,(H,18,21). The first-order valence-corrected chi connectivity index (χ1v) is 7.15. The molecule has 0 bridgehead atoms. The van der Waals surface area contributed by atoms with Crippen LogP contribution in [0.25, 0.3) is 0 Å². The van der Waals surface area contributed by atoms with Crippen LogP contribution in [0.5, 0.6) is 0 Å². The molecule has 0 heterocycles. The van der Waals surface area contributed by atoms with Crippen LogP contribution in [0.3, 0.4) is 0 Å². The molecule has 0 aliphatic heterocycles. The first-order valence-electron chi connectivity index (χ1n) is 6.78. The van der Waals surface area contributed by atoms with Gasteiger partial charge in [0.15, 0.2) is 0 Å². The third kappa shape index (κ3) is 3.95. The van der Waals surface area contributed by atoms with Crippen molar-refractivity contribution >= 4 is 29.1 Å². The number of carbonyl (C=O) groups is 2. The molecule has 1 rings (SSSR count). The Morgan fingerprint density at radius 2 is 2.00 bits per heavy atom. The number of halogens is 1. The van der Waals surface area contributed by atoms with Gasteiger partial charge >= 0.3 is 0 Å². The number of amides is 2. The van der Waals surface area contributed by atoms with E-state index in [0.717, 1.165) is 0 Å². The van der Waals surface area contributed by atoms with Gasteiger partial charge in [-0.2, -0.15) is 0 Å². The van der Waals surface area contributed by atoms with E-state index in [-0.39, 0.29) is 18.4 Å². The molecular formula is C15H22ClN3O2. The van der Waals surface area contributed by atoms with Crippen molar-refractivity contribution in [1.29, 1.82) is 0 Å². The van der Waals surface area contributed by atoms with E-state index in [1.54, 1.807) is 32.3 Å². The van der Waals surface area contributed by atoms with E-state index in [9.17, 15) is 9.59 Å². The maximum Gasteiger partial charge on any atom is 0.254 e. The highest BCUT2D eigenvalue weighted by Gasteiger charge is 2.29. The summed E-state index contributed by atoms with van der Waals surface area (Å²) in [6.45, 7) is 3.98. The molecule has 21 heavy (non-hydrogen) atoms. The first kappa shape index (κ1) is 17.5. The minimum absolute atomic E-state index is 0.168. The van der Waals surface area contributed by atoms with Crippen molar-refractivity contribution in [1.82, 2.24) is 4.90 Å². The Hall–Kier alpha value is -1.59. The summed E-state index contributed by atoms with van der Waals surface area (Å²) in [6, 6.07) is 4.84. The SMILES string of the molecule is CCC(C)(CN)C(=O)Nc1ccc(Cl)c(C(=O)N(C)C)c1. The van der Waals surface area contributed by atoms with Gasteiger partial charge in [-0.1, -0.05) is 18.5 Å². The minimum Gasteiger partial charge on any atom is -0.345 e. The van der Waals surface area contributed by atoms with Gasteiger partial charge in [0.1, 0.15) is 0 Å². The van der Waals surface area contributed by atoms with E-state index in [4.69, 9.17) is 17.3 Å². The normalized spacial score (nSPS) is 13.4. The Labute approximate surface area is 130 Å². The molecule has 2 amide bonds. The van der Waals surface area contributed by atoms with E-state index in [0.29, 0.717) is 22.7 Å². The van der Waals surface area contributed by atoms with E-state index in [2.05, 4.69) is 5.32 Å². The van der Waals surface area contributed by atoms with E-state index in [1.165, 1.54) is 4.90 Å². The van der Waals surface area contributed by atoms with Crippen LogP contribution >= 0.6 is 11.6 Å². The van der Waals surface area contributed by atoms with Crippen molar-refractivity contribution < 1.29 is 9.59 Å². The van der Waals surface area contributed by atoms with Crippen LogP contribution in [0.15, 0.2) is 18.2 Å². The summed E-state index contributed by atoms with van der Waals surface area (Å²) in [5.41, 5.74) is 5.92. The Morgan fingerprint density at radius 3 is 2.48 bits per heavy atom. The average molecular weight is 312 g/mol. The molecule has 0 fully saturated rings. The molecule has 0 spiro atoms. The van der Waals surface area contributed by atoms with E-state index in [1.807, 2.05) is 13.8 Å². The summed E-state index contributed by atoms with van der Waals surface area (Å²) in [4.78, 5) is 25.7. The largest absolute Gasteiger partial charge is 0.345 e. The molecule has 5 nitrogen and oxygen atoms in total. The van der Waals surface area contributed by atoms with Gasteiger partial charge in [0.25, 0.3) is 5.91 Å². The summed E-state index contributed by atoms with van der Waals surface area (Å²) < 4.78 is 0. The number of rotatable bonds is 5. The Bertz CT molecular complexity index is 540. The summed E-state index contributed by atoms with van der Waals surface area (Å²) in [6.07, 6.45) is 0.631. The molecule has 6 heteroatoms. The fraction of sp³-hybridized carbons (Fsp3) is 0.467. The van der Waals surface area contributed by atoms with Crippen molar-refractivity contribution in [3.05, 3.63) is 28.8 Å².